The molecule has 6 heteroatoms. The fourth-order valence-electron chi connectivity index (χ4n) is 2.53. The predicted octanol–water partition coefficient (Wildman–Crippen LogP) is -0.0275. The molecule has 2 unspecified atom stereocenters. The number of ether oxygens (including phenoxy) is 1. The lowest BCUT2D eigenvalue weighted by atomic mass is 9.96. The van der Waals surface area contributed by atoms with Crippen LogP contribution in [0.4, 0.5) is 0 Å². The van der Waals surface area contributed by atoms with Gasteiger partial charge in [-0.2, -0.15) is 0 Å². The van der Waals surface area contributed by atoms with Gasteiger partial charge in [-0.15, -0.1) is 0 Å². The van der Waals surface area contributed by atoms with Crippen molar-refractivity contribution in [2.45, 2.75) is 26.2 Å². The molecule has 1 rings (SSSR count). The van der Waals surface area contributed by atoms with Crippen LogP contribution in [0.2, 0.25) is 0 Å². The lowest BCUT2D eigenvalue weighted by molar-refractivity contribution is -0.136. The van der Waals surface area contributed by atoms with Crippen LogP contribution in [0.3, 0.4) is 0 Å². The minimum atomic E-state index is -0.100. The first-order valence-electron chi connectivity index (χ1n) is 7.33. The van der Waals surface area contributed by atoms with Crippen molar-refractivity contribution in [2.75, 3.05) is 39.9 Å². The lowest BCUT2D eigenvalue weighted by Gasteiger charge is -2.32. The van der Waals surface area contributed by atoms with Crippen molar-refractivity contribution in [3.05, 3.63) is 0 Å². The molecule has 0 spiro atoms. The van der Waals surface area contributed by atoms with Crippen molar-refractivity contribution < 1.29 is 14.3 Å². The average molecular weight is 285 g/mol. The molecule has 0 aliphatic carbocycles. The van der Waals surface area contributed by atoms with E-state index in [9.17, 15) is 9.59 Å². The van der Waals surface area contributed by atoms with E-state index in [0.717, 1.165) is 19.4 Å². The Morgan fingerprint density at radius 3 is 2.90 bits per heavy atom. The first kappa shape index (κ1) is 16.9. The summed E-state index contributed by atoms with van der Waals surface area (Å²) in [5, 5.41) is 2.80. The number of carbonyl (C=O) groups is 2. The number of methoxy groups -OCH3 is 1. The average Bonchev–Trinajstić information content (AvgIpc) is 2.45. The second-order valence-corrected chi connectivity index (χ2v) is 5.52. The maximum Gasteiger partial charge on any atom is 0.224 e. The molecule has 0 bridgehead atoms. The summed E-state index contributed by atoms with van der Waals surface area (Å²) >= 11 is 0. The van der Waals surface area contributed by atoms with Crippen LogP contribution >= 0.6 is 0 Å². The van der Waals surface area contributed by atoms with Crippen molar-refractivity contribution in [1.29, 1.82) is 0 Å². The van der Waals surface area contributed by atoms with Crippen molar-refractivity contribution in [2.24, 2.45) is 17.6 Å². The van der Waals surface area contributed by atoms with Crippen LogP contribution in [0.15, 0.2) is 0 Å². The van der Waals surface area contributed by atoms with Gasteiger partial charge in [0.1, 0.15) is 0 Å². The van der Waals surface area contributed by atoms with Gasteiger partial charge >= 0.3 is 0 Å². The van der Waals surface area contributed by atoms with Gasteiger partial charge in [0.15, 0.2) is 0 Å². The number of hydrogen-bond acceptors (Lipinski definition) is 4. The van der Waals surface area contributed by atoms with E-state index in [0.29, 0.717) is 32.7 Å². The van der Waals surface area contributed by atoms with Crippen LogP contribution < -0.4 is 11.1 Å². The van der Waals surface area contributed by atoms with Gasteiger partial charge in [-0.3, -0.25) is 9.59 Å². The SMILES string of the molecule is COCC(C)CC(=O)N1CCCC(C(=O)NCCN)C1. The fraction of sp³-hybridized carbons (Fsp3) is 0.857. The molecule has 1 fully saturated rings. The highest BCUT2D eigenvalue weighted by atomic mass is 16.5. The number of piperidine rings is 1. The van der Waals surface area contributed by atoms with E-state index < -0.39 is 0 Å². The largest absolute Gasteiger partial charge is 0.384 e. The van der Waals surface area contributed by atoms with Crippen LogP contribution in [0.5, 0.6) is 0 Å². The van der Waals surface area contributed by atoms with Gasteiger partial charge in [-0.05, 0) is 18.8 Å². The molecule has 2 amide bonds. The van der Waals surface area contributed by atoms with E-state index in [-0.39, 0.29) is 23.7 Å². The molecule has 1 aliphatic heterocycles. The Kier molecular flexibility index (Phi) is 7.54. The number of nitrogens with two attached hydrogens (primary N) is 1. The normalized spacial score (nSPS) is 20.6. The van der Waals surface area contributed by atoms with Gasteiger partial charge in [-0.1, -0.05) is 6.92 Å². The van der Waals surface area contributed by atoms with E-state index in [1.807, 2.05) is 11.8 Å². The van der Waals surface area contributed by atoms with Gasteiger partial charge in [0.2, 0.25) is 11.8 Å². The summed E-state index contributed by atoms with van der Waals surface area (Å²) in [5.41, 5.74) is 5.37. The summed E-state index contributed by atoms with van der Waals surface area (Å²) in [4.78, 5) is 25.9. The first-order valence-corrected chi connectivity index (χ1v) is 7.33. The van der Waals surface area contributed by atoms with Crippen molar-refractivity contribution in [3.63, 3.8) is 0 Å². The monoisotopic (exact) mass is 285 g/mol. The topological polar surface area (TPSA) is 84.7 Å². The smallest absolute Gasteiger partial charge is 0.224 e. The minimum absolute atomic E-state index is 0.0119. The molecule has 0 aromatic heterocycles. The number of carbonyl (C=O) groups excluding carboxylic acids is 2. The van der Waals surface area contributed by atoms with Gasteiger partial charge in [-0.25, -0.2) is 0 Å². The number of amides is 2. The molecule has 0 aromatic rings. The lowest BCUT2D eigenvalue weighted by Crippen LogP contribution is -2.46. The summed E-state index contributed by atoms with van der Waals surface area (Å²) in [5.74, 6) is 0.236. The number of nitrogens with one attached hydrogen (secondary N) is 1. The van der Waals surface area contributed by atoms with Crippen LogP contribution in [-0.4, -0.2) is 56.6 Å². The predicted molar refractivity (Wildman–Crippen MR) is 77.0 cm³/mol. The second kappa shape index (κ2) is 8.92. The van der Waals surface area contributed by atoms with E-state index in [4.69, 9.17) is 10.5 Å². The molecule has 0 aromatic carbocycles. The molecule has 1 saturated heterocycles. The molecule has 2 atom stereocenters. The van der Waals surface area contributed by atoms with Crippen LogP contribution in [0.1, 0.15) is 26.2 Å². The van der Waals surface area contributed by atoms with E-state index in [1.165, 1.54) is 0 Å². The fourth-order valence-corrected chi connectivity index (χ4v) is 2.53. The summed E-state index contributed by atoms with van der Waals surface area (Å²) in [6, 6.07) is 0. The summed E-state index contributed by atoms with van der Waals surface area (Å²) in [7, 11) is 1.64. The number of likely N-dealkylation sites (tertiary alicyclic amines) is 1. The zero-order valence-electron chi connectivity index (χ0n) is 12.6. The van der Waals surface area contributed by atoms with Gasteiger partial charge in [0.25, 0.3) is 0 Å². The molecular weight excluding hydrogens is 258 g/mol. The summed E-state index contributed by atoms with van der Waals surface area (Å²) < 4.78 is 5.05. The van der Waals surface area contributed by atoms with Gasteiger partial charge in [0, 0.05) is 46.3 Å². The molecular formula is C14H27N3O3. The number of rotatable bonds is 7. The molecule has 116 valence electrons. The first-order chi connectivity index (χ1) is 9.58. The Morgan fingerprint density at radius 2 is 2.25 bits per heavy atom. The van der Waals surface area contributed by atoms with E-state index >= 15 is 0 Å². The van der Waals surface area contributed by atoms with Crippen molar-refractivity contribution in [1.82, 2.24) is 10.2 Å². The maximum absolute atomic E-state index is 12.2. The highest BCUT2D eigenvalue weighted by molar-refractivity contribution is 5.81. The zero-order valence-corrected chi connectivity index (χ0v) is 12.6. The zero-order chi connectivity index (χ0) is 15.0. The number of nitrogens with zero attached hydrogens (tertiary/aromatic N) is 1. The Hall–Kier alpha value is -1.14. The third-order valence-corrected chi connectivity index (χ3v) is 3.56. The molecule has 6 nitrogen and oxygen atoms in total. The van der Waals surface area contributed by atoms with Crippen molar-refractivity contribution >= 4 is 11.8 Å². The molecule has 20 heavy (non-hydrogen) atoms. The highest BCUT2D eigenvalue weighted by Crippen LogP contribution is 2.18. The Balaban J connectivity index is 2.43. The molecule has 1 aliphatic rings. The maximum atomic E-state index is 12.2. The van der Waals surface area contributed by atoms with Gasteiger partial charge < -0.3 is 20.7 Å². The van der Waals surface area contributed by atoms with Crippen LogP contribution in [-0.2, 0) is 14.3 Å². The van der Waals surface area contributed by atoms with E-state index in [1.54, 1.807) is 7.11 Å². The molecule has 3 N–H and O–H groups in total. The minimum Gasteiger partial charge on any atom is -0.384 e. The standard InChI is InChI=1S/C14H27N3O3/c1-11(10-20-2)8-13(18)17-7-3-4-12(9-17)14(19)16-6-5-15/h11-12H,3-10,15H2,1-2H3,(H,16,19). The molecule has 0 radical (unpaired) electrons. The van der Waals surface area contributed by atoms with Gasteiger partial charge in [0.05, 0.1) is 5.92 Å². The summed E-state index contributed by atoms with van der Waals surface area (Å²) in [6.07, 6.45) is 2.20. The van der Waals surface area contributed by atoms with Crippen molar-refractivity contribution in [3.8, 4) is 0 Å². The summed E-state index contributed by atoms with van der Waals surface area (Å²) in [6.45, 7) is 4.79. The second-order valence-electron chi connectivity index (χ2n) is 5.52. The van der Waals surface area contributed by atoms with Crippen LogP contribution in [0.25, 0.3) is 0 Å². The Morgan fingerprint density at radius 1 is 1.50 bits per heavy atom. The van der Waals surface area contributed by atoms with E-state index in [2.05, 4.69) is 5.32 Å². The quantitative estimate of drug-likeness (QED) is 0.688. The Labute approximate surface area is 121 Å². The third-order valence-electron chi connectivity index (χ3n) is 3.56. The molecule has 0 saturated carbocycles. The highest BCUT2D eigenvalue weighted by Gasteiger charge is 2.28. The number of hydrogen-bond donors (Lipinski definition) is 2. The third kappa shape index (κ3) is 5.46. The Bertz CT molecular complexity index is 323. The van der Waals surface area contributed by atoms with Crippen LogP contribution in [0, 0.1) is 11.8 Å². The molecule has 1 heterocycles.